The highest BCUT2D eigenvalue weighted by Crippen LogP contribution is 2.15. The molecule has 1 aromatic carbocycles. The summed E-state index contributed by atoms with van der Waals surface area (Å²) in [4.78, 5) is -0.250. The van der Waals surface area contributed by atoms with Crippen LogP contribution >= 0.6 is 0 Å². The third-order valence-electron chi connectivity index (χ3n) is 1.61. The number of hydrogen-bond acceptors (Lipinski definition) is 6. The lowest BCUT2D eigenvalue weighted by atomic mass is 10.3. The molecule has 17 heavy (non-hydrogen) atoms. The van der Waals surface area contributed by atoms with Crippen LogP contribution in [0.15, 0.2) is 47.6 Å². The van der Waals surface area contributed by atoms with Crippen molar-refractivity contribution in [2.75, 3.05) is 5.73 Å². The number of nitrogens with two attached hydrogens (primary N) is 1. The fourth-order valence-electron chi connectivity index (χ4n) is 0.920. The van der Waals surface area contributed by atoms with Crippen LogP contribution in [-0.2, 0) is 10.1 Å². The molecule has 0 aliphatic rings. The molecule has 0 radical (unpaired) electrons. The van der Waals surface area contributed by atoms with Gasteiger partial charge < -0.3 is 5.73 Å². The molecule has 1 heterocycles. The van der Waals surface area contributed by atoms with E-state index in [0.29, 0.717) is 0 Å². The fourth-order valence-corrected chi connectivity index (χ4v) is 1.54. The zero-order valence-electron chi connectivity index (χ0n) is 8.63. The molecular formula is C9H10N4O3S. The van der Waals surface area contributed by atoms with Crippen molar-refractivity contribution in [1.29, 1.82) is 0 Å². The average molecular weight is 254 g/mol. The predicted molar refractivity (Wildman–Crippen MR) is 60.5 cm³/mol. The lowest BCUT2D eigenvalue weighted by Gasteiger charge is -1.98. The van der Waals surface area contributed by atoms with Gasteiger partial charge in [-0.2, -0.15) is 8.42 Å². The molecule has 8 heteroatoms. The minimum Gasteiger partial charge on any atom is -0.398 e. The van der Waals surface area contributed by atoms with Gasteiger partial charge in [0.2, 0.25) is 0 Å². The number of anilines is 1. The van der Waals surface area contributed by atoms with Crippen LogP contribution in [0.2, 0.25) is 0 Å². The maximum absolute atomic E-state index is 10.5. The second kappa shape index (κ2) is 5.87. The van der Waals surface area contributed by atoms with Crippen LogP contribution in [0.25, 0.3) is 0 Å². The van der Waals surface area contributed by atoms with Gasteiger partial charge in [0.25, 0.3) is 10.1 Å². The molecule has 2 rings (SSSR count). The van der Waals surface area contributed by atoms with Crippen molar-refractivity contribution in [3.05, 3.63) is 42.7 Å². The Balaban J connectivity index is 0.000000202. The molecule has 0 saturated carbocycles. The maximum atomic E-state index is 10.5. The first-order valence-corrected chi connectivity index (χ1v) is 5.86. The van der Waals surface area contributed by atoms with Crippen molar-refractivity contribution >= 4 is 15.8 Å². The Kier molecular flexibility index (Phi) is 4.49. The molecule has 1 aromatic heterocycles. The van der Waals surface area contributed by atoms with E-state index in [0.717, 1.165) is 0 Å². The van der Waals surface area contributed by atoms with Gasteiger partial charge >= 0.3 is 0 Å². The fraction of sp³-hybridized carbons (Fsp3) is 0. The summed E-state index contributed by atoms with van der Waals surface area (Å²) < 4.78 is 29.6. The SMILES string of the molecule is Nc1ccccc1S(=O)(=O)O.c1cnnnc1. The maximum Gasteiger partial charge on any atom is 0.296 e. The molecule has 90 valence electrons. The van der Waals surface area contributed by atoms with Crippen LogP contribution in [0, 0.1) is 0 Å². The second-order valence-electron chi connectivity index (χ2n) is 2.82. The standard InChI is InChI=1S/C6H7NO3S.C3H3N3/c7-5-3-1-2-4-6(5)11(8,9)10;1-2-4-6-5-3-1/h1-4H,7H2,(H,8,9,10);1-3H. The number of para-hydroxylation sites is 1. The molecule has 2 aromatic rings. The van der Waals surface area contributed by atoms with Gasteiger partial charge in [0.1, 0.15) is 4.90 Å². The minimum absolute atomic E-state index is 0.0509. The summed E-state index contributed by atoms with van der Waals surface area (Å²) in [5, 5.41) is 10.1. The molecule has 0 bridgehead atoms. The first kappa shape index (κ1) is 13.0. The van der Waals surface area contributed by atoms with Crippen molar-refractivity contribution in [3.8, 4) is 0 Å². The number of rotatable bonds is 1. The lowest BCUT2D eigenvalue weighted by Crippen LogP contribution is -2.01. The van der Waals surface area contributed by atoms with Gasteiger partial charge in [0.05, 0.1) is 18.1 Å². The van der Waals surface area contributed by atoms with Crippen LogP contribution in [0.1, 0.15) is 0 Å². The minimum atomic E-state index is -4.16. The first-order chi connectivity index (χ1) is 8.02. The van der Waals surface area contributed by atoms with E-state index in [2.05, 4.69) is 15.4 Å². The van der Waals surface area contributed by atoms with E-state index in [1.807, 2.05) is 0 Å². The van der Waals surface area contributed by atoms with Crippen LogP contribution in [0.4, 0.5) is 5.69 Å². The number of aromatic nitrogens is 3. The van der Waals surface area contributed by atoms with Crippen LogP contribution in [0.5, 0.6) is 0 Å². The van der Waals surface area contributed by atoms with Gasteiger partial charge in [0.15, 0.2) is 0 Å². The Morgan fingerprint density at radius 1 is 1.06 bits per heavy atom. The van der Waals surface area contributed by atoms with E-state index in [4.69, 9.17) is 10.3 Å². The normalized spacial score (nSPS) is 10.2. The van der Waals surface area contributed by atoms with Gasteiger partial charge in [-0.1, -0.05) is 12.1 Å². The summed E-state index contributed by atoms with van der Waals surface area (Å²) in [5.74, 6) is 0. The monoisotopic (exact) mass is 254 g/mol. The number of nitrogen functional groups attached to an aromatic ring is 1. The van der Waals surface area contributed by atoms with Gasteiger partial charge in [-0.15, -0.1) is 10.2 Å². The summed E-state index contributed by atoms with van der Waals surface area (Å²) >= 11 is 0. The van der Waals surface area contributed by atoms with E-state index in [1.165, 1.54) is 18.2 Å². The smallest absolute Gasteiger partial charge is 0.296 e. The molecule has 0 aliphatic heterocycles. The lowest BCUT2D eigenvalue weighted by molar-refractivity contribution is 0.483. The van der Waals surface area contributed by atoms with E-state index in [-0.39, 0.29) is 10.6 Å². The molecule has 0 saturated heterocycles. The number of benzene rings is 1. The van der Waals surface area contributed by atoms with E-state index < -0.39 is 10.1 Å². The van der Waals surface area contributed by atoms with Crippen LogP contribution in [-0.4, -0.2) is 28.4 Å². The van der Waals surface area contributed by atoms with Crippen LogP contribution < -0.4 is 5.73 Å². The number of hydrogen-bond donors (Lipinski definition) is 2. The summed E-state index contributed by atoms with van der Waals surface area (Å²) in [6.45, 7) is 0. The molecule has 0 aliphatic carbocycles. The van der Waals surface area contributed by atoms with Gasteiger partial charge in [0, 0.05) is 0 Å². The van der Waals surface area contributed by atoms with E-state index in [9.17, 15) is 8.42 Å². The van der Waals surface area contributed by atoms with Gasteiger partial charge in [-0.05, 0) is 23.4 Å². The van der Waals surface area contributed by atoms with E-state index >= 15 is 0 Å². The Labute approximate surface area is 98.1 Å². The molecular weight excluding hydrogens is 244 g/mol. The van der Waals surface area contributed by atoms with Crippen molar-refractivity contribution in [3.63, 3.8) is 0 Å². The van der Waals surface area contributed by atoms with Crippen molar-refractivity contribution in [1.82, 2.24) is 15.4 Å². The molecule has 0 spiro atoms. The zero-order valence-corrected chi connectivity index (χ0v) is 9.45. The highest BCUT2D eigenvalue weighted by molar-refractivity contribution is 7.86. The quantitative estimate of drug-likeness (QED) is 0.557. The van der Waals surface area contributed by atoms with Gasteiger partial charge in [-0.25, -0.2) is 0 Å². The number of nitrogens with zero attached hydrogens (tertiary/aromatic N) is 3. The Hall–Kier alpha value is -2.06. The highest BCUT2D eigenvalue weighted by atomic mass is 32.2. The Bertz CT molecular complexity index is 533. The van der Waals surface area contributed by atoms with Crippen LogP contribution in [0.3, 0.4) is 0 Å². The Morgan fingerprint density at radius 3 is 1.94 bits per heavy atom. The van der Waals surface area contributed by atoms with Gasteiger partial charge in [-0.3, -0.25) is 4.55 Å². The predicted octanol–water partition coefficient (Wildman–Crippen LogP) is 0.387. The summed E-state index contributed by atoms with van der Waals surface area (Å²) in [5.41, 5.74) is 5.32. The topological polar surface area (TPSA) is 119 Å². The third kappa shape index (κ3) is 4.53. The highest BCUT2D eigenvalue weighted by Gasteiger charge is 2.11. The Morgan fingerprint density at radius 2 is 1.65 bits per heavy atom. The zero-order chi connectivity index (χ0) is 12.7. The molecule has 0 unspecified atom stereocenters. The van der Waals surface area contributed by atoms with Crippen molar-refractivity contribution < 1.29 is 13.0 Å². The molecule has 0 amide bonds. The molecule has 3 N–H and O–H groups in total. The largest absolute Gasteiger partial charge is 0.398 e. The average Bonchev–Trinajstić information content (AvgIpc) is 2.31. The summed E-state index contributed by atoms with van der Waals surface area (Å²) in [7, 11) is -4.16. The first-order valence-electron chi connectivity index (χ1n) is 4.42. The molecule has 0 atom stereocenters. The third-order valence-corrected chi connectivity index (χ3v) is 2.53. The summed E-state index contributed by atoms with van der Waals surface area (Å²) in [6.07, 6.45) is 3.15. The molecule has 0 fully saturated rings. The second-order valence-corrected chi connectivity index (χ2v) is 4.21. The molecule has 7 nitrogen and oxygen atoms in total. The van der Waals surface area contributed by atoms with E-state index in [1.54, 1.807) is 24.5 Å². The van der Waals surface area contributed by atoms with Crippen molar-refractivity contribution in [2.24, 2.45) is 0 Å². The summed E-state index contributed by atoms with van der Waals surface area (Å²) in [6, 6.07) is 7.43. The van der Waals surface area contributed by atoms with Crippen molar-refractivity contribution in [2.45, 2.75) is 4.90 Å².